The second-order valence-electron chi connectivity index (χ2n) is 6.21. The SMILES string of the molecule is Cc1cnc(C=NCC(O[Si](C)(C)C)c2ccccc2)cn1. The van der Waals surface area contributed by atoms with Crippen molar-refractivity contribution in [2.45, 2.75) is 32.7 Å². The van der Waals surface area contributed by atoms with E-state index in [2.05, 4.69) is 46.7 Å². The number of hydrogen-bond donors (Lipinski definition) is 0. The number of aromatic nitrogens is 2. The van der Waals surface area contributed by atoms with Crippen LogP contribution >= 0.6 is 0 Å². The van der Waals surface area contributed by atoms with Crippen molar-refractivity contribution in [1.29, 1.82) is 0 Å². The summed E-state index contributed by atoms with van der Waals surface area (Å²) in [6, 6.07) is 10.3. The molecule has 1 aromatic heterocycles. The van der Waals surface area contributed by atoms with Crippen LogP contribution in [0.3, 0.4) is 0 Å². The Morgan fingerprint density at radius 3 is 2.45 bits per heavy atom. The van der Waals surface area contributed by atoms with Gasteiger partial charge in [-0.3, -0.25) is 15.0 Å². The molecule has 5 heteroatoms. The Morgan fingerprint density at radius 1 is 1.14 bits per heavy atom. The lowest BCUT2D eigenvalue weighted by Crippen LogP contribution is -2.29. The first kappa shape index (κ1) is 16.5. The molecule has 22 heavy (non-hydrogen) atoms. The van der Waals surface area contributed by atoms with Crippen LogP contribution in [0.5, 0.6) is 0 Å². The van der Waals surface area contributed by atoms with Gasteiger partial charge in [-0.1, -0.05) is 30.3 Å². The Bertz CT molecular complexity index is 606. The second-order valence-corrected chi connectivity index (χ2v) is 10.7. The van der Waals surface area contributed by atoms with Gasteiger partial charge in [-0.05, 0) is 32.1 Å². The van der Waals surface area contributed by atoms with Gasteiger partial charge >= 0.3 is 0 Å². The third-order valence-corrected chi connectivity index (χ3v) is 3.95. The van der Waals surface area contributed by atoms with Crippen LogP contribution in [0.15, 0.2) is 47.7 Å². The van der Waals surface area contributed by atoms with Crippen molar-refractivity contribution in [3.63, 3.8) is 0 Å². The molecule has 0 spiro atoms. The fraction of sp³-hybridized carbons (Fsp3) is 0.353. The van der Waals surface area contributed by atoms with E-state index in [1.165, 1.54) is 0 Å². The van der Waals surface area contributed by atoms with E-state index in [1.54, 1.807) is 18.6 Å². The van der Waals surface area contributed by atoms with Crippen LogP contribution in [0.25, 0.3) is 0 Å². The van der Waals surface area contributed by atoms with E-state index in [4.69, 9.17) is 4.43 Å². The fourth-order valence-corrected chi connectivity index (χ4v) is 3.08. The molecule has 1 heterocycles. The topological polar surface area (TPSA) is 47.4 Å². The van der Waals surface area contributed by atoms with Crippen LogP contribution in [-0.4, -0.2) is 31.0 Å². The smallest absolute Gasteiger partial charge is 0.184 e. The zero-order valence-corrected chi connectivity index (χ0v) is 14.7. The lowest BCUT2D eigenvalue weighted by molar-refractivity contribution is 0.207. The van der Waals surface area contributed by atoms with Crippen molar-refractivity contribution in [3.8, 4) is 0 Å². The Kier molecular flexibility index (Phi) is 5.57. The normalized spacial score (nSPS) is 13.5. The van der Waals surface area contributed by atoms with Crippen molar-refractivity contribution < 1.29 is 4.43 Å². The largest absolute Gasteiger partial charge is 0.409 e. The van der Waals surface area contributed by atoms with E-state index in [1.807, 2.05) is 25.1 Å². The number of aliphatic imine (C=N–C) groups is 1. The van der Waals surface area contributed by atoms with E-state index < -0.39 is 8.32 Å². The van der Waals surface area contributed by atoms with Gasteiger partial charge in [0.1, 0.15) is 0 Å². The monoisotopic (exact) mass is 313 g/mol. The third-order valence-electron chi connectivity index (χ3n) is 2.96. The Balaban J connectivity index is 2.08. The average molecular weight is 313 g/mol. The van der Waals surface area contributed by atoms with Crippen molar-refractivity contribution >= 4 is 14.5 Å². The minimum Gasteiger partial charge on any atom is -0.409 e. The molecule has 0 aliphatic carbocycles. The Hall–Kier alpha value is -1.85. The van der Waals surface area contributed by atoms with Crippen LogP contribution < -0.4 is 0 Å². The number of aryl methyl sites for hydroxylation is 1. The molecule has 0 amide bonds. The number of hydrogen-bond acceptors (Lipinski definition) is 4. The predicted octanol–water partition coefficient (Wildman–Crippen LogP) is 3.80. The highest BCUT2D eigenvalue weighted by Crippen LogP contribution is 2.22. The highest BCUT2D eigenvalue weighted by molar-refractivity contribution is 6.69. The lowest BCUT2D eigenvalue weighted by Gasteiger charge is -2.25. The van der Waals surface area contributed by atoms with Gasteiger partial charge in [0, 0.05) is 12.4 Å². The summed E-state index contributed by atoms with van der Waals surface area (Å²) >= 11 is 0. The molecule has 0 saturated carbocycles. The molecule has 0 N–H and O–H groups in total. The third kappa shape index (κ3) is 5.50. The average Bonchev–Trinajstić information content (AvgIpc) is 2.48. The van der Waals surface area contributed by atoms with Crippen LogP contribution in [-0.2, 0) is 4.43 Å². The van der Waals surface area contributed by atoms with Gasteiger partial charge in [0.05, 0.1) is 30.2 Å². The van der Waals surface area contributed by atoms with E-state index in [-0.39, 0.29) is 6.10 Å². The van der Waals surface area contributed by atoms with Crippen molar-refractivity contribution in [2.75, 3.05) is 6.54 Å². The number of nitrogens with zero attached hydrogens (tertiary/aromatic N) is 3. The molecule has 0 aliphatic heterocycles. The van der Waals surface area contributed by atoms with Gasteiger partial charge in [0.2, 0.25) is 0 Å². The zero-order chi connectivity index (χ0) is 16.0. The highest BCUT2D eigenvalue weighted by Gasteiger charge is 2.21. The highest BCUT2D eigenvalue weighted by atomic mass is 28.4. The summed E-state index contributed by atoms with van der Waals surface area (Å²) in [4.78, 5) is 13.0. The minimum atomic E-state index is -1.64. The lowest BCUT2D eigenvalue weighted by atomic mass is 10.1. The minimum absolute atomic E-state index is 0.0116. The van der Waals surface area contributed by atoms with E-state index in [0.717, 1.165) is 17.0 Å². The first-order chi connectivity index (χ1) is 10.4. The van der Waals surface area contributed by atoms with E-state index >= 15 is 0 Å². The standard InChI is InChI=1S/C17H23N3OSi/c1-14-10-20-16(12-19-14)11-18-13-17(21-22(2,3)4)15-8-6-5-7-9-15/h5-12,17H,13H2,1-4H3. The molecule has 0 aliphatic rings. The molecule has 1 atom stereocenters. The number of benzene rings is 1. The van der Waals surface area contributed by atoms with Gasteiger partial charge < -0.3 is 4.43 Å². The van der Waals surface area contributed by atoms with Crippen LogP contribution in [0, 0.1) is 6.92 Å². The summed E-state index contributed by atoms with van der Waals surface area (Å²) in [6.07, 6.45) is 5.22. The summed E-state index contributed by atoms with van der Waals surface area (Å²) in [7, 11) is -1.64. The molecule has 1 unspecified atom stereocenters. The molecular formula is C17H23N3OSi. The first-order valence-electron chi connectivity index (χ1n) is 7.45. The van der Waals surface area contributed by atoms with Gasteiger partial charge in [-0.2, -0.15) is 0 Å². The predicted molar refractivity (Wildman–Crippen MR) is 92.8 cm³/mol. The molecule has 2 rings (SSSR count). The van der Waals surface area contributed by atoms with Crippen LogP contribution in [0.2, 0.25) is 19.6 Å². The van der Waals surface area contributed by atoms with Crippen LogP contribution in [0.1, 0.15) is 23.1 Å². The van der Waals surface area contributed by atoms with Crippen LogP contribution in [0.4, 0.5) is 0 Å². The Labute approximate surface area is 133 Å². The first-order valence-corrected chi connectivity index (χ1v) is 10.9. The summed E-state index contributed by atoms with van der Waals surface area (Å²) < 4.78 is 6.27. The quantitative estimate of drug-likeness (QED) is 0.602. The summed E-state index contributed by atoms with van der Waals surface area (Å²) in [5.74, 6) is 0. The van der Waals surface area contributed by atoms with E-state index in [0.29, 0.717) is 6.54 Å². The Morgan fingerprint density at radius 2 is 1.86 bits per heavy atom. The van der Waals surface area contributed by atoms with Crippen molar-refractivity contribution in [3.05, 3.63) is 59.7 Å². The summed E-state index contributed by atoms with van der Waals surface area (Å²) in [5.41, 5.74) is 2.84. The molecular weight excluding hydrogens is 290 g/mol. The molecule has 0 bridgehead atoms. The maximum Gasteiger partial charge on any atom is 0.184 e. The zero-order valence-electron chi connectivity index (χ0n) is 13.7. The molecule has 4 nitrogen and oxygen atoms in total. The molecule has 0 saturated heterocycles. The van der Waals surface area contributed by atoms with Gasteiger partial charge in [0.15, 0.2) is 8.32 Å². The summed E-state index contributed by atoms with van der Waals surface area (Å²) in [6.45, 7) is 9.08. The molecule has 2 aromatic rings. The van der Waals surface area contributed by atoms with Crippen molar-refractivity contribution in [1.82, 2.24) is 9.97 Å². The molecule has 0 fully saturated rings. The van der Waals surface area contributed by atoms with Gasteiger partial charge in [-0.15, -0.1) is 0 Å². The number of rotatable bonds is 6. The molecule has 116 valence electrons. The molecule has 0 radical (unpaired) electrons. The van der Waals surface area contributed by atoms with E-state index in [9.17, 15) is 0 Å². The van der Waals surface area contributed by atoms with Gasteiger partial charge in [0.25, 0.3) is 0 Å². The molecule has 1 aromatic carbocycles. The second kappa shape index (κ2) is 7.42. The summed E-state index contributed by atoms with van der Waals surface area (Å²) in [5, 5.41) is 0. The maximum atomic E-state index is 6.27. The van der Waals surface area contributed by atoms with Gasteiger partial charge in [-0.25, -0.2) is 0 Å². The van der Waals surface area contributed by atoms with Crippen molar-refractivity contribution in [2.24, 2.45) is 4.99 Å². The fourth-order valence-electron chi connectivity index (χ4n) is 2.02. The maximum absolute atomic E-state index is 6.27.